The van der Waals surface area contributed by atoms with Gasteiger partial charge in [0.05, 0.1) is 21.5 Å². The molecule has 1 aliphatic rings. The summed E-state index contributed by atoms with van der Waals surface area (Å²) in [6.07, 6.45) is 1.67. The molecule has 1 atom stereocenters. The van der Waals surface area contributed by atoms with Crippen LogP contribution in [0, 0.1) is 10.1 Å². The van der Waals surface area contributed by atoms with E-state index >= 15 is 0 Å². The molecule has 1 aromatic heterocycles. The highest BCUT2D eigenvalue weighted by molar-refractivity contribution is 8.18. The molecule has 0 N–H and O–H groups in total. The number of hydrogen-bond acceptors (Lipinski definition) is 8. The SMILES string of the molecule is CC[C@@H](C)OC(=O)CN1C(=O)S/C(=C/c2ccc(-c3ccccc3[N+](=O)[O-])o2)C1=O. The molecule has 1 saturated heterocycles. The minimum Gasteiger partial charge on any atom is -0.461 e. The number of amides is 2. The highest BCUT2D eigenvalue weighted by Gasteiger charge is 2.37. The van der Waals surface area contributed by atoms with Crippen LogP contribution in [0.3, 0.4) is 0 Å². The third-order valence-electron chi connectivity index (χ3n) is 4.33. The predicted octanol–water partition coefficient (Wildman–Crippen LogP) is 4.23. The molecular weight excluding hydrogens is 412 g/mol. The summed E-state index contributed by atoms with van der Waals surface area (Å²) >= 11 is 0.679. The van der Waals surface area contributed by atoms with E-state index in [0.717, 1.165) is 4.90 Å². The van der Waals surface area contributed by atoms with Gasteiger partial charge in [0.2, 0.25) is 0 Å². The topological polar surface area (TPSA) is 120 Å². The van der Waals surface area contributed by atoms with Gasteiger partial charge in [0.1, 0.15) is 18.1 Å². The predicted molar refractivity (Wildman–Crippen MR) is 109 cm³/mol. The maximum atomic E-state index is 12.5. The van der Waals surface area contributed by atoms with Gasteiger partial charge in [0.25, 0.3) is 16.8 Å². The van der Waals surface area contributed by atoms with Crippen LogP contribution in [0.4, 0.5) is 10.5 Å². The molecule has 30 heavy (non-hydrogen) atoms. The number of nitro benzene ring substituents is 1. The van der Waals surface area contributed by atoms with E-state index in [1.165, 1.54) is 18.2 Å². The maximum absolute atomic E-state index is 12.5. The van der Waals surface area contributed by atoms with Crippen LogP contribution in [0.1, 0.15) is 26.0 Å². The smallest absolute Gasteiger partial charge is 0.326 e. The molecular formula is C20H18N2O7S. The fraction of sp³-hybridized carbons (Fsp3) is 0.250. The third-order valence-corrected chi connectivity index (χ3v) is 5.24. The second kappa shape index (κ2) is 8.95. The first-order chi connectivity index (χ1) is 14.3. The Morgan fingerprint density at radius 3 is 2.73 bits per heavy atom. The number of benzene rings is 1. The zero-order chi connectivity index (χ0) is 21.8. The lowest BCUT2D eigenvalue weighted by Gasteiger charge is -2.14. The molecule has 0 unspecified atom stereocenters. The first-order valence-corrected chi connectivity index (χ1v) is 9.90. The first-order valence-electron chi connectivity index (χ1n) is 9.08. The highest BCUT2D eigenvalue weighted by atomic mass is 32.2. The molecule has 0 radical (unpaired) electrons. The van der Waals surface area contributed by atoms with Gasteiger partial charge in [-0.25, -0.2) is 0 Å². The van der Waals surface area contributed by atoms with E-state index in [1.54, 1.807) is 31.2 Å². The van der Waals surface area contributed by atoms with Crippen LogP contribution in [-0.4, -0.2) is 39.6 Å². The summed E-state index contributed by atoms with van der Waals surface area (Å²) in [5.74, 6) is -0.792. The Bertz CT molecular complexity index is 1040. The lowest BCUT2D eigenvalue weighted by molar-refractivity contribution is -0.384. The molecule has 0 bridgehead atoms. The monoisotopic (exact) mass is 430 g/mol. The number of nitrogens with zero attached hydrogens (tertiary/aromatic N) is 2. The zero-order valence-electron chi connectivity index (χ0n) is 16.2. The van der Waals surface area contributed by atoms with E-state index in [9.17, 15) is 24.5 Å². The summed E-state index contributed by atoms with van der Waals surface area (Å²) in [4.78, 5) is 48.1. The number of ether oxygens (including phenoxy) is 1. The van der Waals surface area contributed by atoms with E-state index in [1.807, 2.05) is 6.92 Å². The summed E-state index contributed by atoms with van der Waals surface area (Å²) in [5.41, 5.74) is 0.182. The maximum Gasteiger partial charge on any atom is 0.326 e. The van der Waals surface area contributed by atoms with E-state index in [0.29, 0.717) is 23.7 Å². The molecule has 2 aromatic rings. The van der Waals surface area contributed by atoms with Crippen molar-refractivity contribution in [2.45, 2.75) is 26.4 Å². The van der Waals surface area contributed by atoms with Crippen LogP contribution >= 0.6 is 11.8 Å². The number of imide groups is 1. The van der Waals surface area contributed by atoms with Crippen LogP contribution in [-0.2, 0) is 14.3 Å². The number of thioether (sulfide) groups is 1. The highest BCUT2D eigenvalue weighted by Crippen LogP contribution is 2.35. The first kappa shape index (κ1) is 21.3. The Labute approximate surface area is 175 Å². The van der Waals surface area contributed by atoms with Gasteiger partial charge in [0.15, 0.2) is 0 Å². The second-order valence-corrected chi connectivity index (χ2v) is 7.45. The van der Waals surface area contributed by atoms with Crippen molar-refractivity contribution in [3.05, 3.63) is 57.2 Å². The Kier molecular flexibility index (Phi) is 6.36. The van der Waals surface area contributed by atoms with Crippen LogP contribution in [0.2, 0.25) is 0 Å². The summed E-state index contributed by atoms with van der Waals surface area (Å²) in [5, 5.41) is 10.6. The minimum absolute atomic E-state index is 0.0831. The van der Waals surface area contributed by atoms with Gasteiger partial charge in [-0.05, 0) is 43.3 Å². The molecule has 1 aromatic carbocycles. The molecule has 156 valence electrons. The molecule has 9 nitrogen and oxygen atoms in total. The Morgan fingerprint density at radius 2 is 2.03 bits per heavy atom. The number of nitro groups is 1. The van der Waals surface area contributed by atoms with Crippen LogP contribution in [0.15, 0.2) is 45.7 Å². The molecule has 3 rings (SSSR count). The summed E-state index contributed by atoms with van der Waals surface area (Å²) < 4.78 is 10.7. The van der Waals surface area contributed by atoms with Crippen LogP contribution < -0.4 is 0 Å². The number of carbonyl (C=O) groups excluding carboxylic acids is 3. The van der Waals surface area contributed by atoms with Gasteiger partial charge in [-0.1, -0.05) is 19.1 Å². The molecule has 0 aliphatic carbocycles. The van der Waals surface area contributed by atoms with Crippen LogP contribution in [0.5, 0.6) is 0 Å². The summed E-state index contributed by atoms with van der Waals surface area (Å²) in [6.45, 7) is 3.10. The van der Waals surface area contributed by atoms with Crippen molar-refractivity contribution < 1.29 is 28.5 Å². The fourth-order valence-corrected chi connectivity index (χ4v) is 3.47. The largest absolute Gasteiger partial charge is 0.461 e. The summed E-state index contributed by atoms with van der Waals surface area (Å²) in [6, 6.07) is 9.19. The molecule has 2 amide bonds. The Balaban J connectivity index is 1.77. The van der Waals surface area contributed by atoms with E-state index < -0.39 is 28.6 Å². The average Bonchev–Trinajstić information content (AvgIpc) is 3.28. The lowest BCUT2D eigenvalue weighted by Crippen LogP contribution is -2.35. The van der Waals surface area contributed by atoms with Crippen molar-refractivity contribution in [1.29, 1.82) is 0 Å². The Hall–Kier alpha value is -3.40. The normalized spacial score (nSPS) is 16.2. The summed E-state index contributed by atoms with van der Waals surface area (Å²) in [7, 11) is 0. The number of rotatable bonds is 7. The quantitative estimate of drug-likeness (QED) is 0.277. The zero-order valence-corrected chi connectivity index (χ0v) is 17.0. The lowest BCUT2D eigenvalue weighted by atomic mass is 10.1. The van der Waals surface area contributed by atoms with Crippen molar-refractivity contribution in [1.82, 2.24) is 4.90 Å². The van der Waals surface area contributed by atoms with Crippen molar-refractivity contribution in [3.63, 3.8) is 0 Å². The number of hydrogen-bond donors (Lipinski definition) is 0. The van der Waals surface area contributed by atoms with E-state index in [2.05, 4.69) is 0 Å². The molecule has 2 heterocycles. The Morgan fingerprint density at radius 1 is 1.30 bits per heavy atom. The fourth-order valence-electron chi connectivity index (χ4n) is 2.66. The van der Waals surface area contributed by atoms with Crippen LogP contribution in [0.25, 0.3) is 17.4 Å². The van der Waals surface area contributed by atoms with Crippen molar-refractivity contribution in [2.24, 2.45) is 0 Å². The second-order valence-electron chi connectivity index (χ2n) is 6.45. The molecule has 1 aliphatic heterocycles. The molecule has 1 fully saturated rings. The van der Waals surface area contributed by atoms with Gasteiger partial charge in [0, 0.05) is 12.1 Å². The van der Waals surface area contributed by atoms with Gasteiger partial charge < -0.3 is 9.15 Å². The average molecular weight is 430 g/mol. The molecule has 0 saturated carbocycles. The van der Waals surface area contributed by atoms with Gasteiger partial charge >= 0.3 is 5.97 Å². The number of carbonyl (C=O) groups is 3. The molecule has 0 spiro atoms. The van der Waals surface area contributed by atoms with Gasteiger partial charge in [-0.15, -0.1) is 0 Å². The standard InChI is InChI=1S/C20H18N2O7S/c1-3-12(2)28-18(23)11-21-19(24)17(30-20(21)25)10-13-8-9-16(29-13)14-6-4-5-7-15(14)22(26)27/h4-10,12H,3,11H2,1-2H3/b17-10+/t12-/m1/s1. The minimum atomic E-state index is -0.662. The molecule has 10 heteroatoms. The third kappa shape index (κ3) is 4.60. The van der Waals surface area contributed by atoms with Gasteiger partial charge in [-0.3, -0.25) is 29.4 Å². The van der Waals surface area contributed by atoms with Gasteiger partial charge in [-0.2, -0.15) is 0 Å². The van der Waals surface area contributed by atoms with Crippen molar-refractivity contribution >= 4 is 40.6 Å². The number of para-hydroxylation sites is 1. The van der Waals surface area contributed by atoms with Crippen molar-refractivity contribution in [2.75, 3.05) is 6.54 Å². The number of esters is 1. The van der Waals surface area contributed by atoms with E-state index in [4.69, 9.17) is 9.15 Å². The number of furan rings is 1. The van der Waals surface area contributed by atoms with E-state index in [-0.39, 0.29) is 28.2 Å². The van der Waals surface area contributed by atoms with Crippen molar-refractivity contribution in [3.8, 4) is 11.3 Å².